The monoisotopic (exact) mass is 378 g/mol. The second-order valence-corrected chi connectivity index (χ2v) is 5.56. The smallest absolute Gasteiger partial charge is 0.404 e. The summed E-state index contributed by atoms with van der Waals surface area (Å²) in [6.45, 7) is 0.290. The van der Waals surface area contributed by atoms with E-state index in [2.05, 4.69) is 30.7 Å². The van der Waals surface area contributed by atoms with Gasteiger partial charge in [0.15, 0.2) is 5.75 Å². The molecule has 0 saturated carbocycles. The number of carbonyl (C=O) groups is 1. The Kier molecular flexibility index (Phi) is 4.82. The summed E-state index contributed by atoms with van der Waals surface area (Å²) in [6.07, 6.45) is -4.75. The largest absolute Gasteiger partial charge is 0.573 e. The molecule has 1 atom stereocenters. The lowest BCUT2D eigenvalue weighted by Gasteiger charge is -2.21. The number of hydrogen-bond donors (Lipinski definition) is 0. The van der Waals surface area contributed by atoms with Gasteiger partial charge in [0.1, 0.15) is 0 Å². The average molecular weight is 379 g/mol. The van der Waals surface area contributed by atoms with Crippen molar-refractivity contribution in [1.29, 1.82) is 0 Å². The van der Waals surface area contributed by atoms with Crippen LogP contribution in [0, 0.1) is 5.92 Å². The Morgan fingerprint density at radius 3 is 2.86 bits per heavy atom. The summed E-state index contributed by atoms with van der Waals surface area (Å²) in [6, 6.07) is 4.04. The highest BCUT2D eigenvalue weighted by Crippen LogP contribution is 2.38. The molecule has 0 aromatic heterocycles. The number of azide groups is 1. The first-order valence-electron chi connectivity index (χ1n) is 6.16. The van der Waals surface area contributed by atoms with Crippen molar-refractivity contribution in [3.05, 3.63) is 33.1 Å². The third-order valence-corrected chi connectivity index (χ3v) is 3.54. The van der Waals surface area contributed by atoms with Gasteiger partial charge in [0.05, 0.1) is 5.69 Å². The number of anilines is 1. The number of rotatable bonds is 4. The zero-order valence-corrected chi connectivity index (χ0v) is 12.6. The second kappa shape index (κ2) is 6.45. The van der Waals surface area contributed by atoms with Crippen molar-refractivity contribution in [2.75, 3.05) is 18.0 Å². The van der Waals surface area contributed by atoms with Gasteiger partial charge in [0.2, 0.25) is 5.91 Å². The Morgan fingerprint density at radius 1 is 1.50 bits per heavy atom. The molecule has 0 radical (unpaired) electrons. The number of amides is 1. The minimum Gasteiger partial charge on any atom is -0.404 e. The lowest BCUT2D eigenvalue weighted by molar-refractivity contribution is -0.274. The molecular formula is C12H10BrF3N4O2. The van der Waals surface area contributed by atoms with Crippen LogP contribution in [0.2, 0.25) is 0 Å². The van der Waals surface area contributed by atoms with Crippen LogP contribution in [0.25, 0.3) is 10.4 Å². The number of halogens is 4. The van der Waals surface area contributed by atoms with Gasteiger partial charge in [-0.15, -0.1) is 13.2 Å². The standard InChI is InChI=1S/C12H10BrF3N4O2/c13-8-1-2-9(10(4-8)22-12(14,15)16)20-6-7(3-11(20)21)5-18-19-17/h1-2,4,7H,3,5-6H2. The van der Waals surface area contributed by atoms with Gasteiger partial charge >= 0.3 is 6.36 Å². The normalized spacial score (nSPS) is 18.3. The van der Waals surface area contributed by atoms with Crippen LogP contribution in [0.4, 0.5) is 18.9 Å². The lowest BCUT2D eigenvalue weighted by Crippen LogP contribution is -2.27. The van der Waals surface area contributed by atoms with Gasteiger partial charge < -0.3 is 9.64 Å². The molecule has 1 fully saturated rings. The number of alkyl halides is 3. The highest BCUT2D eigenvalue weighted by molar-refractivity contribution is 9.10. The van der Waals surface area contributed by atoms with E-state index in [1.165, 1.54) is 17.0 Å². The zero-order valence-electron chi connectivity index (χ0n) is 11.0. The molecule has 1 unspecified atom stereocenters. The molecule has 1 aliphatic rings. The van der Waals surface area contributed by atoms with E-state index in [0.29, 0.717) is 4.47 Å². The molecule has 1 aromatic rings. The summed E-state index contributed by atoms with van der Waals surface area (Å²) >= 11 is 3.07. The molecule has 10 heteroatoms. The van der Waals surface area contributed by atoms with Crippen molar-refractivity contribution >= 4 is 27.5 Å². The first kappa shape index (κ1) is 16.4. The quantitative estimate of drug-likeness (QED) is 0.450. The van der Waals surface area contributed by atoms with Crippen LogP contribution >= 0.6 is 15.9 Å². The maximum atomic E-state index is 12.5. The van der Waals surface area contributed by atoms with Gasteiger partial charge in [-0.25, -0.2) is 0 Å². The zero-order chi connectivity index (χ0) is 16.3. The average Bonchev–Trinajstić information content (AvgIpc) is 2.76. The molecule has 0 spiro atoms. The van der Waals surface area contributed by atoms with E-state index in [4.69, 9.17) is 5.53 Å². The second-order valence-electron chi connectivity index (χ2n) is 4.65. The van der Waals surface area contributed by atoms with Crippen molar-refractivity contribution in [2.24, 2.45) is 11.0 Å². The van der Waals surface area contributed by atoms with E-state index in [9.17, 15) is 18.0 Å². The van der Waals surface area contributed by atoms with Crippen molar-refractivity contribution in [3.8, 4) is 5.75 Å². The van der Waals surface area contributed by atoms with Crippen LogP contribution in [0.3, 0.4) is 0 Å². The van der Waals surface area contributed by atoms with Crippen molar-refractivity contribution in [1.82, 2.24) is 0 Å². The molecule has 1 amide bonds. The highest BCUT2D eigenvalue weighted by atomic mass is 79.9. The van der Waals surface area contributed by atoms with E-state index in [0.717, 1.165) is 6.07 Å². The fourth-order valence-electron chi connectivity index (χ4n) is 2.21. The predicted octanol–water partition coefficient (Wildman–Crippen LogP) is 4.01. The van der Waals surface area contributed by atoms with Gasteiger partial charge in [-0.1, -0.05) is 21.0 Å². The predicted molar refractivity (Wildman–Crippen MR) is 75.3 cm³/mol. The third-order valence-electron chi connectivity index (χ3n) is 3.05. The number of hydrogen-bond acceptors (Lipinski definition) is 3. The topological polar surface area (TPSA) is 78.3 Å². The fourth-order valence-corrected chi connectivity index (χ4v) is 2.55. The molecule has 1 aromatic carbocycles. The first-order chi connectivity index (χ1) is 10.3. The fraction of sp³-hybridized carbons (Fsp3) is 0.417. The molecule has 0 aliphatic carbocycles. The van der Waals surface area contributed by atoms with Gasteiger partial charge in [-0.3, -0.25) is 4.79 Å². The Balaban J connectivity index is 2.28. The molecule has 0 bridgehead atoms. The highest BCUT2D eigenvalue weighted by Gasteiger charge is 2.36. The molecule has 1 aliphatic heterocycles. The van der Waals surface area contributed by atoms with Crippen LogP contribution in [0.15, 0.2) is 27.8 Å². The molecule has 118 valence electrons. The molecule has 0 N–H and O–H groups in total. The molecule has 1 saturated heterocycles. The molecule has 1 heterocycles. The van der Waals surface area contributed by atoms with Crippen LogP contribution in [0.1, 0.15) is 6.42 Å². The summed E-state index contributed by atoms with van der Waals surface area (Å²) in [7, 11) is 0. The summed E-state index contributed by atoms with van der Waals surface area (Å²) < 4.78 is 41.8. The molecule has 22 heavy (non-hydrogen) atoms. The van der Waals surface area contributed by atoms with Gasteiger partial charge in [0, 0.05) is 28.9 Å². The maximum absolute atomic E-state index is 12.5. The summed E-state index contributed by atoms with van der Waals surface area (Å²) in [5.41, 5.74) is 8.32. The minimum atomic E-state index is -4.86. The van der Waals surface area contributed by atoms with Crippen LogP contribution in [-0.4, -0.2) is 25.4 Å². The first-order valence-corrected chi connectivity index (χ1v) is 6.96. The van der Waals surface area contributed by atoms with Gasteiger partial charge in [-0.2, -0.15) is 0 Å². The van der Waals surface area contributed by atoms with E-state index < -0.39 is 12.1 Å². The Labute approximate surface area is 131 Å². The Morgan fingerprint density at radius 2 is 2.23 bits per heavy atom. The van der Waals surface area contributed by atoms with Gasteiger partial charge in [-0.05, 0) is 29.6 Å². The Hall–Kier alpha value is -1.93. The summed E-state index contributed by atoms with van der Waals surface area (Å²) in [5.74, 6) is -1.03. The summed E-state index contributed by atoms with van der Waals surface area (Å²) in [4.78, 5) is 15.8. The number of carbonyl (C=O) groups excluding carboxylic acids is 1. The summed E-state index contributed by atoms with van der Waals surface area (Å²) in [5, 5.41) is 3.40. The maximum Gasteiger partial charge on any atom is 0.573 e. The molecule has 6 nitrogen and oxygen atoms in total. The number of ether oxygens (including phenoxy) is 1. The van der Waals surface area contributed by atoms with Crippen molar-refractivity contribution < 1.29 is 22.7 Å². The van der Waals surface area contributed by atoms with E-state index in [1.807, 2.05) is 0 Å². The third kappa shape index (κ3) is 4.05. The molecule has 2 rings (SSSR count). The minimum absolute atomic E-state index is 0.0361. The number of nitrogens with zero attached hydrogens (tertiary/aromatic N) is 4. The lowest BCUT2D eigenvalue weighted by atomic mass is 10.1. The number of benzene rings is 1. The van der Waals surface area contributed by atoms with Crippen LogP contribution in [0.5, 0.6) is 5.75 Å². The van der Waals surface area contributed by atoms with Crippen LogP contribution < -0.4 is 9.64 Å². The van der Waals surface area contributed by atoms with E-state index >= 15 is 0 Å². The van der Waals surface area contributed by atoms with Crippen molar-refractivity contribution in [3.63, 3.8) is 0 Å². The van der Waals surface area contributed by atoms with E-state index in [1.54, 1.807) is 0 Å². The Bertz CT molecular complexity index is 631. The van der Waals surface area contributed by atoms with E-state index in [-0.39, 0.29) is 37.0 Å². The molecular weight excluding hydrogens is 369 g/mol. The van der Waals surface area contributed by atoms with Crippen molar-refractivity contribution in [2.45, 2.75) is 12.8 Å². The SMILES string of the molecule is [N-]=[N+]=NCC1CC(=O)N(c2ccc(Br)cc2OC(F)(F)F)C1. The van der Waals surface area contributed by atoms with Gasteiger partial charge in [0.25, 0.3) is 0 Å². The van der Waals surface area contributed by atoms with Crippen LogP contribution in [-0.2, 0) is 4.79 Å².